The Morgan fingerprint density at radius 1 is 0.955 bits per heavy atom. The van der Waals surface area contributed by atoms with E-state index in [4.69, 9.17) is 4.74 Å². The third-order valence-electron chi connectivity index (χ3n) is 3.90. The van der Waals surface area contributed by atoms with Crippen molar-refractivity contribution in [2.75, 3.05) is 0 Å². The molecule has 0 bridgehead atoms. The molecule has 3 rings (SSSR count). The number of hydrogen-bond donors (Lipinski definition) is 1. The van der Waals surface area contributed by atoms with Crippen LogP contribution in [0.1, 0.15) is 30.1 Å². The molecule has 1 atom stereocenters. The molecule has 0 fully saturated rings. The first-order valence-corrected chi connectivity index (χ1v) is 7.45. The van der Waals surface area contributed by atoms with E-state index in [0.29, 0.717) is 24.8 Å². The first-order valence-electron chi connectivity index (χ1n) is 7.45. The van der Waals surface area contributed by atoms with Crippen molar-refractivity contribution in [1.29, 1.82) is 0 Å². The molecular formula is C19H18O3. The molecule has 0 saturated carbocycles. The molecule has 1 N–H and O–H groups in total. The molecule has 1 heterocycles. The van der Waals surface area contributed by atoms with Gasteiger partial charge < -0.3 is 9.84 Å². The van der Waals surface area contributed by atoms with Crippen LogP contribution >= 0.6 is 0 Å². The normalized spacial score (nSPS) is 18.2. The van der Waals surface area contributed by atoms with E-state index in [0.717, 1.165) is 11.1 Å². The Hall–Kier alpha value is -2.55. The maximum absolute atomic E-state index is 12.2. The number of aliphatic hydroxyl groups excluding tert-OH is 1. The Morgan fingerprint density at radius 2 is 1.59 bits per heavy atom. The molecule has 0 aliphatic carbocycles. The average Bonchev–Trinajstić information content (AvgIpc) is 2.56. The van der Waals surface area contributed by atoms with Crippen molar-refractivity contribution in [2.24, 2.45) is 0 Å². The zero-order valence-electron chi connectivity index (χ0n) is 12.2. The van der Waals surface area contributed by atoms with Gasteiger partial charge in [-0.25, -0.2) is 4.79 Å². The van der Waals surface area contributed by atoms with Gasteiger partial charge in [0.2, 0.25) is 0 Å². The van der Waals surface area contributed by atoms with Crippen LogP contribution in [-0.4, -0.2) is 11.1 Å². The SMILES string of the molecule is O=C1OC(c2ccccc2)CC(O)=C1CCc1ccccc1. The highest BCUT2D eigenvalue weighted by Gasteiger charge is 2.29. The lowest BCUT2D eigenvalue weighted by Crippen LogP contribution is -2.21. The van der Waals surface area contributed by atoms with Crippen LogP contribution in [-0.2, 0) is 16.0 Å². The fraction of sp³-hybridized carbons (Fsp3) is 0.211. The van der Waals surface area contributed by atoms with E-state index < -0.39 is 12.1 Å². The molecule has 1 aliphatic rings. The van der Waals surface area contributed by atoms with Crippen LogP contribution in [0.25, 0.3) is 0 Å². The molecule has 2 aromatic rings. The van der Waals surface area contributed by atoms with E-state index in [1.807, 2.05) is 60.7 Å². The van der Waals surface area contributed by atoms with Crippen LogP contribution in [0.3, 0.4) is 0 Å². The Bertz CT molecular complexity index is 674. The second-order valence-corrected chi connectivity index (χ2v) is 5.42. The third-order valence-corrected chi connectivity index (χ3v) is 3.90. The predicted molar refractivity (Wildman–Crippen MR) is 84.3 cm³/mol. The molecule has 3 nitrogen and oxygen atoms in total. The summed E-state index contributed by atoms with van der Waals surface area (Å²) in [4.78, 5) is 12.2. The van der Waals surface area contributed by atoms with Crippen LogP contribution in [0, 0.1) is 0 Å². The monoisotopic (exact) mass is 294 g/mol. The molecule has 112 valence electrons. The largest absolute Gasteiger partial charge is 0.512 e. The number of benzene rings is 2. The smallest absolute Gasteiger partial charge is 0.338 e. The second kappa shape index (κ2) is 6.48. The maximum Gasteiger partial charge on any atom is 0.338 e. The van der Waals surface area contributed by atoms with Gasteiger partial charge in [-0.1, -0.05) is 60.7 Å². The number of carbonyl (C=O) groups excluding carboxylic acids is 1. The minimum atomic E-state index is -0.409. The van der Waals surface area contributed by atoms with Crippen molar-refractivity contribution in [2.45, 2.75) is 25.4 Å². The van der Waals surface area contributed by atoms with Crippen molar-refractivity contribution < 1.29 is 14.6 Å². The number of aryl methyl sites for hydroxylation is 1. The summed E-state index contributed by atoms with van der Waals surface area (Å²) in [7, 11) is 0. The third kappa shape index (κ3) is 3.19. The van der Waals surface area contributed by atoms with Gasteiger partial charge >= 0.3 is 5.97 Å². The lowest BCUT2D eigenvalue weighted by Gasteiger charge is -2.24. The fourth-order valence-electron chi connectivity index (χ4n) is 2.67. The first-order chi connectivity index (χ1) is 10.7. The summed E-state index contributed by atoms with van der Waals surface area (Å²) in [5.74, 6) is -0.255. The summed E-state index contributed by atoms with van der Waals surface area (Å²) in [5.41, 5.74) is 2.45. The van der Waals surface area contributed by atoms with Crippen molar-refractivity contribution >= 4 is 5.97 Å². The van der Waals surface area contributed by atoms with Gasteiger partial charge in [0.15, 0.2) is 0 Å². The fourth-order valence-corrected chi connectivity index (χ4v) is 2.67. The van der Waals surface area contributed by atoms with E-state index in [1.165, 1.54) is 0 Å². The summed E-state index contributed by atoms with van der Waals surface area (Å²) in [6.07, 6.45) is 1.16. The van der Waals surface area contributed by atoms with Crippen molar-refractivity contribution in [3.05, 3.63) is 83.1 Å². The Kier molecular flexibility index (Phi) is 4.24. The van der Waals surface area contributed by atoms with E-state index in [1.54, 1.807) is 0 Å². The van der Waals surface area contributed by atoms with E-state index in [9.17, 15) is 9.90 Å². The van der Waals surface area contributed by atoms with Gasteiger partial charge in [0, 0.05) is 6.42 Å². The van der Waals surface area contributed by atoms with Crippen LogP contribution in [0.2, 0.25) is 0 Å². The molecule has 0 radical (unpaired) electrons. The Morgan fingerprint density at radius 3 is 2.23 bits per heavy atom. The van der Waals surface area contributed by atoms with Gasteiger partial charge in [-0.3, -0.25) is 0 Å². The van der Waals surface area contributed by atoms with E-state index in [2.05, 4.69) is 0 Å². The van der Waals surface area contributed by atoms with Crippen molar-refractivity contribution in [3.63, 3.8) is 0 Å². The summed E-state index contributed by atoms with van der Waals surface area (Å²) in [6.45, 7) is 0. The minimum absolute atomic E-state index is 0.154. The number of esters is 1. The highest BCUT2D eigenvalue weighted by molar-refractivity contribution is 5.90. The topological polar surface area (TPSA) is 46.5 Å². The number of cyclic esters (lactones) is 1. The highest BCUT2D eigenvalue weighted by Crippen LogP contribution is 2.32. The Labute approximate surface area is 129 Å². The molecule has 2 aromatic carbocycles. The lowest BCUT2D eigenvalue weighted by atomic mass is 9.97. The van der Waals surface area contributed by atoms with Gasteiger partial charge in [-0.05, 0) is 24.0 Å². The number of rotatable bonds is 4. The standard InChI is InChI=1S/C19H18O3/c20-17-13-18(15-9-5-2-6-10-15)22-19(21)16(17)12-11-14-7-3-1-4-8-14/h1-10,18,20H,11-13H2. The molecule has 22 heavy (non-hydrogen) atoms. The molecule has 0 saturated heterocycles. The van der Waals surface area contributed by atoms with Gasteiger partial charge in [0.1, 0.15) is 11.9 Å². The highest BCUT2D eigenvalue weighted by atomic mass is 16.5. The summed E-state index contributed by atoms with van der Waals surface area (Å²) >= 11 is 0. The molecule has 1 aliphatic heterocycles. The lowest BCUT2D eigenvalue weighted by molar-refractivity contribution is -0.147. The number of aliphatic hydroxyl groups is 1. The van der Waals surface area contributed by atoms with Gasteiger partial charge in [-0.15, -0.1) is 0 Å². The van der Waals surface area contributed by atoms with Crippen molar-refractivity contribution in [3.8, 4) is 0 Å². The first kappa shape index (κ1) is 14.4. The number of hydrogen-bond acceptors (Lipinski definition) is 3. The van der Waals surface area contributed by atoms with Gasteiger partial charge in [0.05, 0.1) is 5.57 Å². The summed E-state index contributed by atoms with van der Waals surface area (Å²) < 4.78 is 5.49. The zero-order chi connectivity index (χ0) is 15.4. The minimum Gasteiger partial charge on any atom is -0.512 e. The second-order valence-electron chi connectivity index (χ2n) is 5.42. The average molecular weight is 294 g/mol. The van der Waals surface area contributed by atoms with Crippen LogP contribution in [0.4, 0.5) is 0 Å². The van der Waals surface area contributed by atoms with E-state index in [-0.39, 0.29) is 5.76 Å². The van der Waals surface area contributed by atoms with Crippen molar-refractivity contribution in [1.82, 2.24) is 0 Å². The molecule has 0 amide bonds. The molecule has 0 spiro atoms. The Balaban J connectivity index is 1.71. The quantitative estimate of drug-likeness (QED) is 0.863. The zero-order valence-corrected chi connectivity index (χ0v) is 12.2. The maximum atomic E-state index is 12.2. The molecule has 1 unspecified atom stereocenters. The van der Waals surface area contributed by atoms with Crippen LogP contribution in [0.5, 0.6) is 0 Å². The van der Waals surface area contributed by atoms with Crippen LogP contribution < -0.4 is 0 Å². The van der Waals surface area contributed by atoms with Crippen LogP contribution in [0.15, 0.2) is 72.0 Å². The summed E-state index contributed by atoms with van der Waals surface area (Å²) in [5, 5.41) is 10.2. The molecular weight excluding hydrogens is 276 g/mol. The molecule has 0 aromatic heterocycles. The number of carbonyl (C=O) groups is 1. The van der Waals surface area contributed by atoms with Gasteiger partial charge in [-0.2, -0.15) is 0 Å². The molecule has 3 heteroatoms. The van der Waals surface area contributed by atoms with Gasteiger partial charge in [0.25, 0.3) is 0 Å². The van der Waals surface area contributed by atoms with E-state index >= 15 is 0 Å². The predicted octanol–water partition coefficient (Wildman–Crippen LogP) is 4.12. The summed E-state index contributed by atoms with van der Waals surface area (Å²) in [6, 6.07) is 19.4. The number of ether oxygens (including phenoxy) is 1.